The summed E-state index contributed by atoms with van der Waals surface area (Å²) in [4.78, 5) is 3.95. The van der Waals surface area contributed by atoms with Crippen LogP contribution in [-0.2, 0) is 0 Å². The summed E-state index contributed by atoms with van der Waals surface area (Å²) in [5.41, 5.74) is 0.807. The number of benzene rings is 1. The molecular weight excluding hydrogens is 177 g/mol. The second-order valence-electron chi connectivity index (χ2n) is 2.27. The molecule has 0 radical (unpaired) electrons. The Morgan fingerprint density at radius 3 is 3.00 bits per heavy atom. The third-order valence-electron chi connectivity index (χ3n) is 1.52. The van der Waals surface area contributed by atoms with Crippen LogP contribution in [0.3, 0.4) is 0 Å². The average molecular weight is 183 g/mol. The highest BCUT2D eigenvalue weighted by Gasteiger charge is 2.07. The fourth-order valence-corrected chi connectivity index (χ4v) is 1.34. The maximum absolute atomic E-state index is 13.0. The van der Waals surface area contributed by atoms with Crippen LogP contribution in [-0.4, -0.2) is 11.2 Å². The third kappa shape index (κ3) is 1.08. The largest absolute Gasteiger partial charge is 0.431 e. The van der Waals surface area contributed by atoms with Crippen LogP contribution < -0.4 is 0 Å². The van der Waals surface area contributed by atoms with Gasteiger partial charge in [-0.3, -0.25) is 0 Å². The number of rotatable bonds is 1. The molecule has 0 aliphatic carbocycles. The van der Waals surface area contributed by atoms with Crippen LogP contribution in [0.15, 0.2) is 27.8 Å². The Labute approximate surface area is 72.8 Å². The lowest BCUT2D eigenvalue weighted by molar-refractivity contribution is 0.490. The van der Waals surface area contributed by atoms with Crippen LogP contribution in [0.2, 0.25) is 0 Å². The molecule has 1 aromatic carbocycles. The van der Waals surface area contributed by atoms with Crippen LogP contribution >= 0.6 is 11.8 Å². The van der Waals surface area contributed by atoms with Gasteiger partial charge in [-0.15, -0.1) is 0 Å². The van der Waals surface area contributed by atoms with Crippen LogP contribution in [0.25, 0.3) is 11.1 Å². The van der Waals surface area contributed by atoms with Crippen LogP contribution in [0, 0.1) is 5.82 Å². The Morgan fingerprint density at radius 2 is 2.33 bits per heavy atom. The summed E-state index contributed by atoms with van der Waals surface area (Å²) in [6.45, 7) is 0. The quantitative estimate of drug-likeness (QED) is 0.636. The lowest BCUT2D eigenvalue weighted by Gasteiger charge is -1.85. The minimum absolute atomic E-state index is 0.307. The zero-order chi connectivity index (χ0) is 8.55. The molecule has 2 rings (SSSR count). The van der Waals surface area contributed by atoms with E-state index in [0.29, 0.717) is 16.3 Å². The van der Waals surface area contributed by atoms with Crippen molar-refractivity contribution >= 4 is 22.9 Å². The highest BCUT2D eigenvalue weighted by Crippen LogP contribution is 2.22. The highest BCUT2D eigenvalue weighted by atomic mass is 32.2. The van der Waals surface area contributed by atoms with Crippen molar-refractivity contribution in [3.63, 3.8) is 0 Å². The summed E-state index contributed by atoms with van der Waals surface area (Å²) < 4.78 is 18.2. The first-order chi connectivity index (χ1) is 5.81. The van der Waals surface area contributed by atoms with E-state index in [1.165, 1.54) is 17.8 Å². The lowest BCUT2D eigenvalue weighted by Crippen LogP contribution is -1.75. The normalized spacial score (nSPS) is 10.8. The van der Waals surface area contributed by atoms with Gasteiger partial charge in [0.15, 0.2) is 11.4 Å². The molecule has 0 N–H and O–H groups in total. The number of hydrogen-bond acceptors (Lipinski definition) is 3. The van der Waals surface area contributed by atoms with Crippen molar-refractivity contribution in [2.24, 2.45) is 0 Å². The zero-order valence-corrected chi connectivity index (χ0v) is 7.19. The highest BCUT2D eigenvalue weighted by molar-refractivity contribution is 7.98. The van der Waals surface area contributed by atoms with Gasteiger partial charge in [-0.05, 0) is 18.4 Å². The second-order valence-corrected chi connectivity index (χ2v) is 3.03. The van der Waals surface area contributed by atoms with E-state index in [9.17, 15) is 4.39 Å². The van der Waals surface area contributed by atoms with E-state index < -0.39 is 0 Å². The van der Waals surface area contributed by atoms with E-state index in [4.69, 9.17) is 4.42 Å². The number of fused-ring (bicyclic) bond motifs is 1. The van der Waals surface area contributed by atoms with E-state index in [2.05, 4.69) is 4.98 Å². The van der Waals surface area contributed by atoms with Crippen molar-refractivity contribution in [2.45, 2.75) is 5.22 Å². The van der Waals surface area contributed by atoms with Gasteiger partial charge < -0.3 is 4.42 Å². The summed E-state index contributed by atoms with van der Waals surface area (Å²) in [7, 11) is 0. The second kappa shape index (κ2) is 2.79. The zero-order valence-electron chi connectivity index (χ0n) is 6.37. The van der Waals surface area contributed by atoms with Gasteiger partial charge in [0.2, 0.25) is 0 Å². The molecule has 0 atom stereocenters. The van der Waals surface area contributed by atoms with E-state index in [1.807, 2.05) is 6.26 Å². The van der Waals surface area contributed by atoms with Crippen molar-refractivity contribution < 1.29 is 8.81 Å². The average Bonchev–Trinajstić information content (AvgIpc) is 2.49. The Hall–Kier alpha value is -1.03. The number of halogens is 1. The fourth-order valence-electron chi connectivity index (χ4n) is 0.982. The molecule has 62 valence electrons. The van der Waals surface area contributed by atoms with E-state index in [1.54, 1.807) is 12.1 Å². The Morgan fingerprint density at radius 1 is 1.50 bits per heavy atom. The minimum Gasteiger partial charge on any atom is -0.431 e. The Kier molecular flexibility index (Phi) is 1.77. The smallest absolute Gasteiger partial charge is 0.256 e. The number of aromatic nitrogens is 1. The van der Waals surface area contributed by atoms with Gasteiger partial charge in [-0.25, -0.2) is 9.37 Å². The molecule has 0 unspecified atom stereocenters. The van der Waals surface area contributed by atoms with Crippen molar-refractivity contribution in [3.05, 3.63) is 24.0 Å². The molecule has 2 aromatic rings. The molecule has 0 amide bonds. The standard InChI is InChI=1S/C8H6FNOS/c1-12-8-10-7-5(9)3-2-4-6(7)11-8/h2-4H,1H3. The first kappa shape index (κ1) is 7.61. The number of oxazole rings is 1. The molecule has 4 heteroatoms. The summed E-state index contributed by atoms with van der Waals surface area (Å²) >= 11 is 1.36. The molecular formula is C8H6FNOS. The number of nitrogens with zero attached hydrogens (tertiary/aromatic N) is 1. The summed E-state index contributed by atoms with van der Waals surface area (Å²) in [5, 5.41) is 0.495. The molecule has 1 aromatic heterocycles. The van der Waals surface area contributed by atoms with Gasteiger partial charge in [-0.2, -0.15) is 0 Å². The molecule has 0 aliphatic rings. The molecule has 0 spiro atoms. The van der Waals surface area contributed by atoms with Gasteiger partial charge >= 0.3 is 0 Å². The topological polar surface area (TPSA) is 26.0 Å². The van der Waals surface area contributed by atoms with E-state index in [-0.39, 0.29) is 5.82 Å². The Bertz CT molecular complexity index is 412. The van der Waals surface area contributed by atoms with Crippen LogP contribution in [0.4, 0.5) is 4.39 Å². The SMILES string of the molecule is CSc1nc2c(F)cccc2o1. The van der Waals surface area contributed by atoms with Crippen LogP contribution in [0.5, 0.6) is 0 Å². The lowest BCUT2D eigenvalue weighted by atomic mass is 10.3. The van der Waals surface area contributed by atoms with Gasteiger partial charge in [0.05, 0.1) is 0 Å². The summed E-state index contributed by atoms with van der Waals surface area (Å²) in [5.74, 6) is -0.337. The van der Waals surface area contributed by atoms with Crippen molar-refractivity contribution in [3.8, 4) is 0 Å². The monoisotopic (exact) mass is 183 g/mol. The van der Waals surface area contributed by atoms with Gasteiger partial charge in [-0.1, -0.05) is 17.8 Å². The molecule has 0 saturated carbocycles. The van der Waals surface area contributed by atoms with E-state index >= 15 is 0 Å². The molecule has 0 bridgehead atoms. The van der Waals surface area contributed by atoms with Gasteiger partial charge in [0, 0.05) is 0 Å². The predicted molar refractivity (Wildman–Crippen MR) is 45.7 cm³/mol. The molecule has 2 nitrogen and oxygen atoms in total. The first-order valence-electron chi connectivity index (χ1n) is 3.40. The number of thioether (sulfide) groups is 1. The molecule has 0 fully saturated rings. The Balaban J connectivity index is 2.74. The molecule has 1 heterocycles. The van der Waals surface area contributed by atoms with Crippen molar-refractivity contribution in [1.29, 1.82) is 0 Å². The van der Waals surface area contributed by atoms with E-state index in [0.717, 1.165) is 0 Å². The maximum atomic E-state index is 13.0. The number of para-hydroxylation sites is 1. The number of hydrogen-bond donors (Lipinski definition) is 0. The molecule has 0 saturated heterocycles. The predicted octanol–water partition coefficient (Wildman–Crippen LogP) is 2.69. The van der Waals surface area contributed by atoms with Crippen molar-refractivity contribution in [1.82, 2.24) is 4.98 Å². The summed E-state index contributed by atoms with van der Waals surface area (Å²) in [6.07, 6.45) is 1.84. The molecule has 0 aliphatic heterocycles. The van der Waals surface area contributed by atoms with Crippen molar-refractivity contribution in [2.75, 3.05) is 6.26 Å². The third-order valence-corrected chi connectivity index (χ3v) is 2.05. The molecule has 12 heavy (non-hydrogen) atoms. The van der Waals surface area contributed by atoms with Crippen LogP contribution in [0.1, 0.15) is 0 Å². The van der Waals surface area contributed by atoms with Gasteiger partial charge in [0.25, 0.3) is 5.22 Å². The maximum Gasteiger partial charge on any atom is 0.256 e. The fraction of sp³-hybridized carbons (Fsp3) is 0.125. The summed E-state index contributed by atoms with van der Waals surface area (Å²) in [6, 6.07) is 4.67. The minimum atomic E-state index is -0.337. The van der Waals surface area contributed by atoms with Gasteiger partial charge in [0.1, 0.15) is 5.52 Å². The first-order valence-corrected chi connectivity index (χ1v) is 4.63.